The molecule has 0 aromatic heterocycles. The van der Waals surface area contributed by atoms with E-state index >= 15 is 0 Å². The fraction of sp³-hybridized carbons (Fsp3) is 0.429. The maximum atomic E-state index is 11.7. The predicted molar refractivity (Wildman–Crippen MR) is 68.7 cm³/mol. The lowest BCUT2D eigenvalue weighted by atomic mass is 10.1. The first-order chi connectivity index (χ1) is 8.19. The fourth-order valence-corrected chi connectivity index (χ4v) is 1.65. The van der Waals surface area contributed by atoms with Crippen LogP contribution in [0.2, 0.25) is 0 Å². The lowest BCUT2D eigenvalue weighted by Crippen LogP contribution is -2.25. The minimum atomic E-state index is -0.0187. The summed E-state index contributed by atoms with van der Waals surface area (Å²) in [6.45, 7) is 2.14. The number of hydrogen-bond donors (Lipinski definition) is 0. The van der Waals surface area contributed by atoms with Gasteiger partial charge in [0.1, 0.15) is 0 Å². The maximum Gasteiger partial charge on any atom is 0.227 e. The second kappa shape index (κ2) is 6.70. The quantitative estimate of drug-likeness (QED) is 0.780. The van der Waals surface area contributed by atoms with Crippen LogP contribution >= 0.6 is 0 Å². The molecule has 1 aromatic carbocycles. The summed E-state index contributed by atoms with van der Waals surface area (Å²) in [5, 5.41) is 8.44. The summed E-state index contributed by atoms with van der Waals surface area (Å²) in [6.07, 6.45) is 2.74. The summed E-state index contributed by atoms with van der Waals surface area (Å²) in [4.78, 5) is 13.3. The van der Waals surface area contributed by atoms with Gasteiger partial charge in [-0.05, 0) is 24.1 Å². The third-order valence-corrected chi connectivity index (χ3v) is 2.69. The van der Waals surface area contributed by atoms with Crippen molar-refractivity contribution in [1.29, 1.82) is 5.26 Å². The number of hydrogen-bond acceptors (Lipinski definition) is 2. The first-order valence-corrected chi connectivity index (χ1v) is 5.91. The van der Waals surface area contributed by atoms with E-state index in [4.69, 9.17) is 5.26 Å². The van der Waals surface area contributed by atoms with Crippen LogP contribution in [0.1, 0.15) is 31.7 Å². The Bertz CT molecular complexity index is 403. The molecule has 1 amide bonds. The van der Waals surface area contributed by atoms with Crippen LogP contribution in [0.5, 0.6) is 0 Å². The van der Waals surface area contributed by atoms with Crippen LogP contribution in [-0.4, -0.2) is 13.0 Å². The van der Waals surface area contributed by atoms with Crippen molar-refractivity contribution in [1.82, 2.24) is 0 Å². The van der Waals surface area contributed by atoms with Gasteiger partial charge in [-0.3, -0.25) is 4.79 Å². The van der Waals surface area contributed by atoms with Crippen LogP contribution in [0.4, 0.5) is 5.69 Å². The summed E-state index contributed by atoms with van der Waals surface area (Å²) in [5.74, 6) is -0.0187. The molecule has 0 heterocycles. The Hall–Kier alpha value is -1.82. The van der Waals surface area contributed by atoms with Gasteiger partial charge in [0.2, 0.25) is 5.91 Å². The first kappa shape index (κ1) is 13.2. The van der Waals surface area contributed by atoms with Crippen molar-refractivity contribution in [3.05, 3.63) is 29.8 Å². The van der Waals surface area contributed by atoms with Crippen molar-refractivity contribution in [2.75, 3.05) is 11.9 Å². The molecule has 3 nitrogen and oxygen atoms in total. The Balaban J connectivity index is 2.66. The third-order valence-electron chi connectivity index (χ3n) is 2.69. The van der Waals surface area contributed by atoms with E-state index in [9.17, 15) is 4.79 Å². The third kappa shape index (κ3) is 3.92. The van der Waals surface area contributed by atoms with Crippen LogP contribution in [-0.2, 0) is 11.2 Å². The molecule has 0 saturated heterocycles. The van der Waals surface area contributed by atoms with Gasteiger partial charge in [0.15, 0.2) is 0 Å². The molecule has 90 valence electrons. The van der Waals surface area contributed by atoms with Gasteiger partial charge in [-0.25, -0.2) is 0 Å². The molecule has 0 N–H and O–H groups in total. The summed E-state index contributed by atoms with van der Waals surface area (Å²) < 4.78 is 0. The van der Waals surface area contributed by atoms with E-state index in [2.05, 4.69) is 6.92 Å². The molecule has 0 bridgehead atoms. The van der Waals surface area contributed by atoms with Crippen molar-refractivity contribution in [3.8, 4) is 6.07 Å². The molecule has 0 aliphatic carbocycles. The molecule has 3 heteroatoms. The van der Waals surface area contributed by atoms with Gasteiger partial charge in [0.25, 0.3) is 0 Å². The van der Waals surface area contributed by atoms with E-state index < -0.39 is 0 Å². The molecule has 0 saturated carbocycles. The number of aryl methyl sites for hydroxylation is 1. The molecule has 0 aliphatic heterocycles. The van der Waals surface area contributed by atoms with Gasteiger partial charge in [-0.15, -0.1) is 0 Å². The van der Waals surface area contributed by atoms with Crippen LogP contribution in [0.3, 0.4) is 0 Å². The van der Waals surface area contributed by atoms with Gasteiger partial charge in [-0.1, -0.05) is 25.5 Å². The van der Waals surface area contributed by atoms with Crippen molar-refractivity contribution in [3.63, 3.8) is 0 Å². The highest BCUT2D eigenvalue weighted by atomic mass is 16.2. The molecule has 0 aliphatic rings. The second-order valence-corrected chi connectivity index (χ2v) is 4.03. The van der Waals surface area contributed by atoms with Crippen molar-refractivity contribution in [2.24, 2.45) is 0 Å². The Labute approximate surface area is 103 Å². The highest BCUT2D eigenvalue weighted by Crippen LogP contribution is 2.15. The average Bonchev–Trinajstić information content (AvgIpc) is 2.36. The molecule has 1 rings (SSSR count). The number of nitrogens with zero attached hydrogens (tertiary/aromatic N) is 2. The Morgan fingerprint density at radius 2 is 2.00 bits per heavy atom. The van der Waals surface area contributed by atoms with Crippen LogP contribution in [0.25, 0.3) is 0 Å². The minimum absolute atomic E-state index is 0.0187. The Morgan fingerprint density at radius 1 is 1.35 bits per heavy atom. The number of benzene rings is 1. The minimum Gasteiger partial charge on any atom is -0.315 e. The number of anilines is 1. The average molecular weight is 230 g/mol. The molecule has 0 unspecified atom stereocenters. The summed E-state index contributed by atoms with van der Waals surface area (Å²) in [7, 11) is 1.74. The topological polar surface area (TPSA) is 44.1 Å². The van der Waals surface area contributed by atoms with Crippen LogP contribution in [0.15, 0.2) is 24.3 Å². The van der Waals surface area contributed by atoms with E-state index in [1.165, 1.54) is 5.56 Å². The van der Waals surface area contributed by atoms with Gasteiger partial charge in [-0.2, -0.15) is 5.26 Å². The van der Waals surface area contributed by atoms with Gasteiger partial charge in [0.05, 0.1) is 6.07 Å². The van der Waals surface area contributed by atoms with Gasteiger partial charge in [0, 0.05) is 25.6 Å². The van der Waals surface area contributed by atoms with Crippen molar-refractivity contribution < 1.29 is 4.79 Å². The number of nitriles is 1. The lowest BCUT2D eigenvalue weighted by molar-refractivity contribution is -0.118. The predicted octanol–water partition coefficient (Wildman–Crippen LogP) is 2.91. The highest BCUT2D eigenvalue weighted by molar-refractivity contribution is 5.92. The number of carbonyl (C=O) groups is 1. The zero-order valence-corrected chi connectivity index (χ0v) is 10.4. The molecule has 0 atom stereocenters. The van der Waals surface area contributed by atoms with E-state index in [1.54, 1.807) is 11.9 Å². The smallest absolute Gasteiger partial charge is 0.227 e. The van der Waals surface area contributed by atoms with Crippen LogP contribution in [0, 0.1) is 11.3 Å². The number of amides is 1. The lowest BCUT2D eigenvalue weighted by Gasteiger charge is -2.17. The van der Waals surface area contributed by atoms with Gasteiger partial charge >= 0.3 is 0 Å². The fourth-order valence-electron chi connectivity index (χ4n) is 1.65. The standard InChI is InChI=1S/C14H18N2O/c1-3-5-12-7-9-13(10-8-12)16(2)14(17)6-4-11-15/h7-10H,3-6H2,1-2H3. The Morgan fingerprint density at radius 3 is 2.53 bits per heavy atom. The normalized spacial score (nSPS) is 9.71. The molecule has 0 radical (unpaired) electrons. The highest BCUT2D eigenvalue weighted by Gasteiger charge is 2.09. The van der Waals surface area contributed by atoms with Crippen LogP contribution < -0.4 is 4.90 Å². The summed E-state index contributed by atoms with van der Waals surface area (Å²) in [5.41, 5.74) is 2.17. The summed E-state index contributed by atoms with van der Waals surface area (Å²) in [6, 6.07) is 9.99. The zero-order chi connectivity index (χ0) is 12.7. The van der Waals surface area contributed by atoms with E-state index in [-0.39, 0.29) is 18.7 Å². The maximum absolute atomic E-state index is 11.7. The monoisotopic (exact) mass is 230 g/mol. The molecule has 1 aromatic rings. The Kier molecular flexibility index (Phi) is 5.22. The largest absolute Gasteiger partial charge is 0.315 e. The van der Waals surface area contributed by atoms with Gasteiger partial charge < -0.3 is 4.90 Å². The molecule has 0 fully saturated rings. The van der Waals surface area contributed by atoms with Crippen molar-refractivity contribution in [2.45, 2.75) is 32.6 Å². The molecular formula is C14H18N2O. The molecule has 0 spiro atoms. The summed E-state index contributed by atoms with van der Waals surface area (Å²) >= 11 is 0. The first-order valence-electron chi connectivity index (χ1n) is 5.91. The second-order valence-electron chi connectivity index (χ2n) is 4.03. The molecular weight excluding hydrogens is 212 g/mol. The number of rotatable bonds is 5. The molecule has 17 heavy (non-hydrogen) atoms. The van der Waals surface area contributed by atoms with E-state index in [0.29, 0.717) is 0 Å². The number of carbonyl (C=O) groups excluding carboxylic acids is 1. The van der Waals surface area contributed by atoms with E-state index in [1.807, 2.05) is 30.3 Å². The van der Waals surface area contributed by atoms with Crippen molar-refractivity contribution >= 4 is 11.6 Å². The SMILES string of the molecule is CCCc1ccc(N(C)C(=O)CCC#N)cc1. The van der Waals surface area contributed by atoms with E-state index in [0.717, 1.165) is 18.5 Å². The zero-order valence-electron chi connectivity index (χ0n) is 10.4.